The van der Waals surface area contributed by atoms with Gasteiger partial charge in [-0.3, -0.25) is 4.79 Å². The van der Waals surface area contributed by atoms with Crippen LogP contribution in [0.5, 0.6) is 0 Å². The maximum Gasteiger partial charge on any atom is 0.166 e. The van der Waals surface area contributed by atoms with Gasteiger partial charge < -0.3 is 9.30 Å². The van der Waals surface area contributed by atoms with Crippen LogP contribution in [0.2, 0.25) is 0 Å². The van der Waals surface area contributed by atoms with E-state index in [0.717, 1.165) is 24.9 Å². The van der Waals surface area contributed by atoms with Crippen molar-refractivity contribution < 1.29 is 9.53 Å². The molecule has 1 unspecified atom stereocenters. The van der Waals surface area contributed by atoms with Crippen LogP contribution in [0.4, 0.5) is 0 Å². The SMILES string of the molecule is O=Cc1cccn1CC1CCC2(CCCC2)O1. The minimum Gasteiger partial charge on any atom is -0.370 e. The van der Waals surface area contributed by atoms with E-state index in [1.54, 1.807) is 0 Å². The molecule has 1 saturated carbocycles. The molecule has 92 valence electrons. The van der Waals surface area contributed by atoms with Crippen molar-refractivity contribution in [2.45, 2.75) is 56.8 Å². The third-order valence-electron chi connectivity index (χ3n) is 4.24. The fourth-order valence-electron chi connectivity index (χ4n) is 3.33. The summed E-state index contributed by atoms with van der Waals surface area (Å²) in [6, 6.07) is 3.78. The summed E-state index contributed by atoms with van der Waals surface area (Å²) < 4.78 is 8.25. The van der Waals surface area contributed by atoms with Crippen molar-refractivity contribution in [1.82, 2.24) is 4.57 Å². The molecule has 3 rings (SSSR count). The first-order valence-electron chi connectivity index (χ1n) is 6.59. The number of rotatable bonds is 3. The van der Waals surface area contributed by atoms with E-state index in [9.17, 15) is 4.79 Å². The quantitative estimate of drug-likeness (QED) is 0.752. The smallest absolute Gasteiger partial charge is 0.166 e. The minimum absolute atomic E-state index is 0.194. The zero-order chi connectivity index (χ0) is 11.7. The van der Waals surface area contributed by atoms with Crippen molar-refractivity contribution in [1.29, 1.82) is 0 Å². The average Bonchev–Trinajstić information content (AvgIpc) is 3.03. The largest absolute Gasteiger partial charge is 0.370 e. The van der Waals surface area contributed by atoms with Crippen LogP contribution in [-0.4, -0.2) is 22.6 Å². The molecule has 1 saturated heterocycles. The van der Waals surface area contributed by atoms with Gasteiger partial charge in [0, 0.05) is 12.7 Å². The monoisotopic (exact) mass is 233 g/mol. The van der Waals surface area contributed by atoms with E-state index < -0.39 is 0 Å². The van der Waals surface area contributed by atoms with Gasteiger partial charge in [-0.25, -0.2) is 0 Å². The lowest BCUT2D eigenvalue weighted by atomic mass is 9.98. The zero-order valence-corrected chi connectivity index (χ0v) is 10.1. The molecule has 0 aromatic carbocycles. The highest BCUT2D eigenvalue weighted by Crippen LogP contribution is 2.43. The second kappa shape index (κ2) is 4.30. The van der Waals surface area contributed by atoms with Gasteiger partial charge >= 0.3 is 0 Å². The molecule has 0 radical (unpaired) electrons. The topological polar surface area (TPSA) is 31.2 Å². The molecule has 1 atom stereocenters. The Morgan fingerprint density at radius 1 is 1.41 bits per heavy atom. The number of carbonyl (C=O) groups excluding carboxylic acids is 1. The molecule has 1 aliphatic carbocycles. The lowest BCUT2D eigenvalue weighted by Crippen LogP contribution is -2.26. The highest BCUT2D eigenvalue weighted by molar-refractivity contribution is 5.72. The Kier molecular flexibility index (Phi) is 2.79. The van der Waals surface area contributed by atoms with Crippen molar-refractivity contribution in [3.63, 3.8) is 0 Å². The third-order valence-corrected chi connectivity index (χ3v) is 4.24. The van der Waals surface area contributed by atoms with E-state index in [0.29, 0.717) is 6.10 Å². The van der Waals surface area contributed by atoms with E-state index in [4.69, 9.17) is 4.74 Å². The van der Waals surface area contributed by atoms with Gasteiger partial charge in [0.1, 0.15) is 0 Å². The van der Waals surface area contributed by atoms with Crippen molar-refractivity contribution in [3.8, 4) is 0 Å². The van der Waals surface area contributed by atoms with Crippen LogP contribution in [0.15, 0.2) is 18.3 Å². The van der Waals surface area contributed by atoms with Crippen LogP contribution in [0.3, 0.4) is 0 Å². The predicted octanol–water partition coefficient (Wildman–Crippen LogP) is 2.79. The second-order valence-corrected chi connectivity index (χ2v) is 5.37. The molecule has 1 aromatic rings. The van der Waals surface area contributed by atoms with Gasteiger partial charge in [0.2, 0.25) is 0 Å². The lowest BCUT2D eigenvalue weighted by Gasteiger charge is -2.24. The van der Waals surface area contributed by atoms with Crippen LogP contribution in [0.25, 0.3) is 0 Å². The summed E-state index contributed by atoms with van der Waals surface area (Å²) in [5.74, 6) is 0. The molecule has 0 N–H and O–H groups in total. The molecule has 1 aliphatic heterocycles. The summed E-state index contributed by atoms with van der Waals surface area (Å²) in [6.07, 6.45) is 10.6. The Morgan fingerprint density at radius 3 is 3.00 bits per heavy atom. The van der Waals surface area contributed by atoms with Crippen LogP contribution in [0.1, 0.15) is 49.0 Å². The Bertz CT molecular complexity index is 404. The van der Waals surface area contributed by atoms with Crippen molar-refractivity contribution in [2.75, 3.05) is 0 Å². The van der Waals surface area contributed by atoms with Crippen LogP contribution >= 0.6 is 0 Å². The molecule has 3 nitrogen and oxygen atoms in total. The van der Waals surface area contributed by atoms with Crippen LogP contribution in [-0.2, 0) is 11.3 Å². The number of aromatic nitrogens is 1. The van der Waals surface area contributed by atoms with Gasteiger partial charge in [0.25, 0.3) is 0 Å². The van der Waals surface area contributed by atoms with Gasteiger partial charge in [0.15, 0.2) is 6.29 Å². The molecule has 1 aromatic heterocycles. The summed E-state index contributed by atoms with van der Waals surface area (Å²) in [7, 11) is 0. The molecule has 2 aliphatic rings. The first-order chi connectivity index (χ1) is 8.31. The van der Waals surface area contributed by atoms with E-state index in [1.807, 2.05) is 22.9 Å². The fraction of sp³-hybridized carbons (Fsp3) is 0.643. The Balaban J connectivity index is 1.65. The van der Waals surface area contributed by atoms with E-state index >= 15 is 0 Å². The van der Waals surface area contributed by atoms with Crippen molar-refractivity contribution in [3.05, 3.63) is 24.0 Å². The third kappa shape index (κ3) is 2.04. The van der Waals surface area contributed by atoms with Crippen molar-refractivity contribution >= 4 is 6.29 Å². The first kappa shape index (κ1) is 11.0. The molecule has 2 fully saturated rings. The van der Waals surface area contributed by atoms with Crippen LogP contribution in [0, 0.1) is 0 Å². The van der Waals surface area contributed by atoms with E-state index in [2.05, 4.69) is 0 Å². The lowest BCUT2D eigenvalue weighted by molar-refractivity contribution is -0.0418. The molecular weight excluding hydrogens is 214 g/mol. The first-order valence-corrected chi connectivity index (χ1v) is 6.59. The standard InChI is InChI=1S/C14H19NO2/c16-11-12-4-3-9-15(12)10-13-5-8-14(17-13)6-1-2-7-14/h3-4,9,11,13H,1-2,5-8,10H2. The Morgan fingerprint density at radius 2 is 2.24 bits per heavy atom. The summed E-state index contributed by atoms with van der Waals surface area (Å²) in [5, 5.41) is 0. The second-order valence-electron chi connectivity index (χ2n) is 5.37. The number of carbonyl (C=O) groups is 1. The van der Waals surface area contributed by atoms with Gasteiger partial charge in [-0.1, -0.05) is 12.8 Å². The summed E-state index contributed by atoms with van der Waals surface area (Å²) >= 11 is 0. The number of hydrogen-bond acceptors (Lipinski definition) is 2. The van der Waals surface area contributed by atoms with E-state index in [-0.39, 0.29) is 5.60 Å². The summed E-state index contributed by atoms with van der Waals surface area (Å²) in [4.78, 5) is 10.9. The molecule has 1 spiro atoms. The number of nitrogens with zero attached hydrogens (tertiary/aromatic N) is 1. The Labute approximate surface area is 102 Å². The van der Waals surface area contributed by atoms with Crippen molar-refractivity contribution in [2.24, 2.45) is 0 Å². The van der Waals surface area contributed by atoms with Crippen LogP contribution < -0.4 is 0 Å². The Hall–Kier alpha value is -1.09. The minimum atomic E-state index is 0.194. The highest BCUT2D eigenvalue weighted by atomic mass is 16.5. The average molecular weight is 233 g/mol. The number of hydrogen-bond donors (Lipinski definition) is 0. The number of ether oxygens (including phenoxy) is 1. The molecule has 2 heterocycles. The molecule has 3 heteroatoms. The van der Waals surface area contributed by atoms with E-state index in [1.165, 1.54) is 32.1 Å². The zero-order valence-electron chi connectivity index (χ0n) is 10.1. The summed E-state index contributed by atoms with van der Waals surface area (Å²) in [5.41, 5.74) is 0.945. The van der Waals surface area contributed by atoms with Gasteiger partial charge in [-0.2, -0.15) is 0 Å². The van der Waals surface area contributed by atoms with Gasteiger partial charge in [0.05, 0.1) is 17.4 Å². The fourth-order valence-corrected chi connectivity index (χ4v) is 3.33. The maximum absolute atomic E-state index is 10.9. The predicted molar refractivity (Wildman–Crippen MR) is 65.1 cm³/mol. The highest BCUT2D eigenvalue weighted by Gasteiger charge is 2.42. The molecule has 0 bridgehead atoms. The van der Waals surface area contributed by atoms with Gasteiger partial charge in [-0.15, -0.1) is 0 Å². The maximum atomic E-state index is 10.9. The molecule has 17 heavy (non-hydrogen) atoms. The molecule has 0 amide bonds. The normalized spacial score (nSPS) is 26.7. The van der Waals surface area contributed by atoms with Gasteiger partial charge in [-0.05, 0) is 37.8 Å². The summed E-state index contributed by atoms with van der Waals surface area (Å²) in [6.45, 7) is 0.822. The molecular formula is C14H19NO2. The number of aldehydes is 1.